The minimum absolute atomic E-state index is 0.121. The Hall–Kier alpha value is -3.98. The smallest absolute Gasteiger partial charge is 0.250 e. The first kappa shape index (κ1) is 23.2. The number of amides is 1. The lowest BCUT2D eigenvalue weighted by molar-refractivity contribution is -0.118. The predicted octanol–water partition coefficient (Wildman–Crippen LogP) is 4.37. The SMILES string of the molecule is CC/C(=N\NC(=O)CSc1nnc(-c2ccncc2)n1-c1ccc(C)cc1)c1ccc(O)cc1. The highest BCUT2D eigenvalue weighted by atomic mass is 32.2. The lowest BCUT2D eigenvalue weighted by Gasteiger charge is -2.10. The molecule has 4 aromatic rings. The van der Waals surface area contributed by atoms with Gasteiger partial charge in [0.1, 0.15) is 5.75 Å². The van der Waals surface area contributed by atoms with E-state index in [2.05, 4.69) is 25.7 Å². The van der Waals surface area contributed by atoms with Crippen molar-refractivity contribution in [3.05, 3.63) is 84.2 Å². The summed E-state index contributed by atoms with van der Waals surface area (Å²) < 4.78 is 1.93. The lowest BCUT2D eigenvalue weighted by Crippen LogP contribution is -2.22. The van der Waals surface area contributed by atoms with E-state index in [1.165, 1.54) is 11.8 Å². The molecule has 2 aromatic carbocycles. The molecule has 0 fully saturated rings. The zero-order chi connectivity index (χ0) is 23.9. The van der Waals surface area contributed by atoms with E-state index < -0.39 is 0 Å². The summed E-state index contributed by atoms with van der Waals surface area (Å²) in [5, 5.41) is 23.1. The van der Waals surface area contributed by atoms with Crippen LogP contribution in [-0.4, -0.2) is 42.2 Å². The highest BCUT2D eigenvalue weighted by molar-refractivity contribution is 7.99. The predicted molar refractivity (Wildman–Crippen MR) is 133 cm³/mol. The molecule has 0 aliphatic carbocycles. The number of benzene rings is 2. The number of thioether (sulfide) groups is 1. The van der Waals surface area contributed by atoms with Gasteiger partial charge >= 0.3 is 0 Å². The number of phenolic OH excluding ortho intramolecular Hbond substituents is 1. The zero-order valence-electron chi connectivity index (χ0n) is 18.8. The van der Waals surface area contributed by atoms with E-state index in [-0.39, 0.29) is 17.4 Å². The molecule has 0 spiro atoms. The molecule has 2 aromatic heterocycles. The number of nitrogens with zero attached hydrogens (tertiary/aromatic N) is 5. The summed E-state index contributed by atoms with van der Waals surface area (Å²) in [5.41, 5.74) is 7.12. The first-order chi connectivity index (χ1) is 16.5. The van der Waals surface area contributed by atoms with Crippen LogP contribution in [0.5, 0.6) is 5.75 Å². The maximum absolute atomic E-state index is 12.5. The Morgan fingerprint density at radius 1 is 1.03 bits per heavy atom. The van der Waals surface area contributed by atoms with Gasteiger partial charge in [0.25, 0.3) is 5.91 Å². The van der Waals surface area contributed by atoms with Crippen LogP contribution in [0, 0.1) is 6.92 Å². The number of carbonyl (C=O) groups is 1. The van der Waals surface area contributed by atoms with Crippen LogP contribution in [0.4, 0.5) is 0 Å². The van der Waals surface area contributed by atoms with Crippen LogP contribution >= 0.6 is 11.8 Å². The number of carbonyl (C=O) groups excluding carboxylic acids is 1. The van der Waals surface area contributed by atoms with Gasteiger partial charge < -0.3 is 5.11 Å². The zero-order valence-corrected chi connectivity index (χ0v) is 19.7. The second-order valence-corrected chi connectivity index (χ2v) is 8.44. The number of aromatic nitrogens is 4. The Morgan fingerprint density at radius 2 is 1.74 bits per heavy atom. The molecule has 9 heteroatoms. The van der Waals surface area contributed by atoms with Crippen LogP contribution in [0.15, 0.2) is 83.3 Å². The van der Waals surface area contributed by atoms with Gasteiger partial charge in [-0.2, -0.15) is 5.10 Å². The highest BCUT2D eigenvalue weighted by Gasteiger charge is 2.17. The Kier molecular flexibility index (Phi) is 7.34. The van der Waals surface area contributed by atoms with Gasteiger partial charge in [0.2, 0.25) is 0 Å². The summed E-state index contributed by atoms with van der Waals surface area (Å²) in [5.74, 6) is 0.728. The molecule has 2 N–H and O–H groups in total. The van der Waals surface area contributed by atoms with Crippen LogP contribution in [0.3, 0.4) is 0 Å². The molecule has 0 unspecified atom stereocenters. The maximum Gasteiger partial charge on any atom is 0.250 e. The Labute approximate surface area is 201 Å². The van der Waals surface area contributed by atoms with E-state index in [1.54, 1.807) is 36.7 Å². The fourth-order valence-electron chi connectivity index (χ4n) is 3.27. The molecule has 172 valence electrons. The molecule has 8 nitrogen and oxygen atoms in total. The van der Waals surface area contributed by atoms with Crippen LogP contribution < -0.4 is 5.43 Å². The lowest BCUT2D eigenvalue weighted by atomic mass is 10.1. The molecule has 0 aliphatic rings. The Morgan fingerprint density at radius 3 is 2.41 bits per heavy atom. The average Bonchev–Trinajstić information content (AvgIpc) is 3.29. The average molecular weight is 473 g/mol. The van der Waals surface area contributed by atoms with Gasteiger partial charge in [-0.15, -0.1) is 10.2 Å². The molecule has 0 radical (unpaired) electrons. The molecule has 0 saturated heterocycles. The van der Waals surface area contributed by atoms with E-state index in [4.69, 9.17) is 0 Å². The van der Waals surface area contributed by atoms with Crippen LogP contribution in [0.1, 0.15) is 24.5 Å². The van der Waals surface area contributed by atoms with Crippen molar-refractivity contribution in [2.75, 3.05) is 5.75 Å². The summed E-state index contributed by atoms with van der Waals surface area (Å²) in [6.45, 7) is 3.99. The molecule has 1 amide bonds. The fourth-order valence-corrected chi connectivity index (χ4v) is 4.02. The molecular weight excluding hydrogens is 448 g/mol. The van der Waals surface area contributed by atoms with Gasteiger partial charge in [-0.05, 0) is 67.4 Å². The summed E-state index contributed by atoms with van der Waals surface area (Å²) in [6, 6.07) is 18.5. The third-order valence-electron chi connectivity index (χ3n) is 5.05. The number of pyridine rings is 1. The first-order valence-electron chi connectivity index (χ1n) is 10.8. The number of aryl methyl sites for hydroxylation is 1. The van der Waals surface area contributed by atoms with Crippen molar-refractivity contribution >= 4 is 23.4 Å². The van der Waals surface area contributed by atoms with Crippen molar-refractivity contribution in [3.8, 4) is 22.8 Å². The number of rotatable bonds is 8. The molecule has 0 atom stereocenters. The van der Waals surface area contributed by atoms with Gasteiger partial charge in [0.15, 0.2) is 11.0 Å². The van der Waals surface area contributed by atoms with Gasteiger partial charge in [0.05, 0.1) is 11.5 Å². The van der Waals surface area contributed by atoms with Crippen molar-refractivity contribution in [3.63, 3.8) is 0 Å². The summed E-state index contributed by atoms with van der Waals surface area (Å²) >= 11 is 1.29. The second kappa shape index (κ2) is 10.8. The van der Waals surface area contributed by atoms with E-state index in [1.807, 2.05) is 54.8 Å². The molecule has 0 bridgehead atoms. The molecule has 0 aliphatic heterocycles. The number of hydrazone groups is 1. The molecule has 0 saturated carbocycles. The van der Waals surface area contributed by atoms with Crippen LogP contribution in [0.25, 0.3) is 17.1 Å². The summed E-state index contributed by atoms with van der Waals surface area (Å²) in [4.78, 5) is 16.6. The second-order valence-electron chi connectivity index (χ2n) is 7.50. The number of phenols is 1. The van der Waals surface area contributed by atoms with Crippen molar-refractivity contribution in [2.24, 2.45) is 5.10 Å². The fraction of sp³-hybridized carbons (Fsp3) is 0.160. The van der Waals surface area contributed by atoms with Gasteiger partial charge in [0, 0.05) is 23.6 Å². The van der Waals surface area contributed by atoms with E-state index in [0.29, 0.717) is 17.4 Å². The number of hydrogen-bond donors (Lipinski definition) is 2. The third kappa shape index (κ3) is 5.49. The van der Waals surface area contributed by atoms with E-state index in [0.717, 1.165) is 28.1 Å². The Bertz CT molecular complexity index is 1290. The van der Waals surface area contributed by atoms with E-state index >= 15 is 0 Å². The quantitative estimate of drug-likeness (QED) is 0.224. The minimum Gasteiger partial charge on any atom is -0.508 e. The topological polar surface area (TPSA) is 105 Å². The largest absolute Gasteiger partial charge is 0.508 e. The number of hydrogen-bond acceptors (Lipinski definition) is 7. The van der Waals surface area contributed by atoms with Crippen molar-refractivity contribution in [1.82, 2.24) is 25.2 Å². The monoisotopic (exact) mass is 472 g/mol. The van der Waals surface area contributed by atoms with Gasteiger partial charge in [-0.3, -0.25) is 14.3 Å². The molecule has 34 heavy (non-hydrogen) atoms. The van der Waals surface area contributed by atoms with Crippen molar-refractivity contribution in [2.45, 2.75) is 25.4 Å². The first-order valence-corrected chi connectivity index (χ1v) is 11.7. The number of aromatic hydroxyl groups is 1. The van der Waals surface area contributed by atoms with Crippen molar-refractivity contribution in [1.29, 1.82) is 0 Å². The Balaban J connectivity index is 1.52. The van der Waals surface area contributed by atoms with Crippen molar-refractivity contribution < 1.29 is 9.90 Å². The standard InChI is InChI=1S/C25H24N6O2S/c1-3-22(18-6-10-21(32)11-7-18)27-28-23(33)16-34-25-30-29-24(19-12-14-26-15-13-19)31(25)20-8-4-17(2)5-9-20/h4-15,32H,3,16H2,1-2H3,(H,28,33)/b27-22+. The highest BCUT2D eigenvalue weighted by Crippen LogP contribution is 2.27. The van der Waals surface area contributed by atoms with Crippen LogP contribution in [-0.2, 0) is 4.79 Å². The minimum atomic E-state index is -0.251. The third-order valence-corrected chi connectivity index (χ3v) is 5.98. The summed E-state index contributed by atoms with van der Waals surface area (Å²) in [6.07, 6.45) is 4.05. The van der Waals surface area contributed by atoms with Crippen LogP contribution in [0.2, 0.25) is 0 Å². The van der Waals surface area contributed by atoms with Gasteiger partial charge in [-0.25, -0.2) is 5.43 Å². The molecule has 2 heterocycles. The summed E-state index contributed by atoms with van der Waals surface area (Å²) in [7, 11) is 0. The van der Waals surface area contributed by atoms with E-state index in [9.17, 15) is 9.90 Å². The van der Waals surface area contributed by atoms with Gasteiger partial charge in [-0.1, -0.05) is 36.4 Å². The normalized spacial score (nSPS) is 11.4. The maximum atomic E-state index is 12.5. The molecular formula is C25H24N6O2S. The molecule has 4 rings (SSSR count). The number of nitrogens with one attached hydrogen (secondary N) is 1.